The van der Waals surface area contributed by atoms with Gasteiger partial charge < -0.3 is 19.3 Å². The Labute approximate surface area is 210 Å². The van der Waals surface area contributed by atoms with Gasteiger partial charge in [-0.15, -0.1) is 0 Å². The lowest BCUT2D eigenvalue weighted by molar-refractivity contribution is -0.138. The van der Waals surface area contributed by atoms with E-state index >= 15 is 0 Å². The summed E-state index contributed by atoms with van der Waals surface area (Å²) in [4.78, 5) is 29.9. The van der Waals surface area contributed by atoms with Crippen molar-refractivity contribution < 1.29 is 28.9 Å². The molecule has 1 heterocycles. The van der Waals surface area contributed by atoms with Crippen LogP contribution in [0.1, 0.15) is 35.3 Å². The Morgan fingerprint density at radius 3 is 2.53 bits per heavy atom. The summed E-state index contributed by atoms with van der Waals surface area (Å²) in [6.45, 7) is 5.92. The van der Waals surface area contributed by atoms with Crippen molar-refractivity contribution in [1.29, 1.82) is 0 Å². The lowest BCUT2D eigenvalue weighted by Gasteiger charge is -2.11. The Morgan fingerprint density at radius 1 is 1.15 bits per heavy atom. The number of aryl methyl sites for hydroxylation is 1. The third kappa shape index (κ3) is 5.53. The molecule has 9 heteroatoms. The molecule has 1 aliphatic rings. The van der Waals surface area contributed by atoms with Crippen LogP contribution in [-0.4, -0.2) is 42.4 Å². The molecule has 0 spiro atoms. The van der Waals surface area contributed by atoms with Crippen molar-refractivity contribution in [3.8, 4) is 11.5 Å². The molecule has 7 nitrogen and oxygen atoms in total. The number of hydrogen-bond acceptors (Lipinski definition) is 7. The number of carbonyl (C=O) groups is 2. The van der Waals surface area contributed by atoms with Crippen molar-refractivity contribution in [3.63, 3.8) is 0 Å². The number of benzene rings is 2. The van der Waals surface area contributed by atoms with Crippen LogP contribution >= 0.6 is 27.7 Å². The van der Waals surface area contributed by atoms with Crippen LogP contribution in [0.3, 0.4) is 0 Å². The molecule has 0 atom stereocenters. The predicted molar refractivity (Wildman–Crippen MR) is 137 cm³/mol. The van der Waals surface area contributed by atoms with Gasteiger partial charge in [-0.2, -0.15) is 0 Å². The Morgan fingerprint density at radius 2 is 1.88 bits per heavy atom. The van der Waals surface area contributed by atoms with Crippen LogP contribution in [0.5, 0.6) is 11.5 Å². The number of halogens is 1. The van der Waals surface area contributed by atoms with Crippen LogP contribution in [0.25, 0.3) is 6.08 Å². The summed E-state index contributed by atoms with van der Waals surface area (Å²) in [7, 11) is 1.53. The van der Waals surface area contributed by atoms with Crippen molar-refractivity contribution in [1.82, 2.24) is 0 Å². The molecule has 0 aliphatic carbocycles. The molecule has 0 saturated heterocycles. The summed E-state index contributed by atoms with van der Waals surface area (Å²) in [5.41, 5.74) is 1.69. The zero-order valence-electron chi connectivity index (χ0n) is 19.2. The number of thioether (sulfide) groups is 1. The normalized spacial score (nSPS) is 15.7. The highest BCUT2D eigenvalue weighted by Crippen LogP contribution is 2.42. The van der Waals surface area contributed by atoms with E-state index in [9.17, 15) is 14.7 Å². The number of methoxy groups -OCH3 is 1. The van der Waals surface area contributed by atoms with Crippen LogP contribution in [-0.2, 0) is 9.53 Å². The van der Waals surface area contributed by atoms with Gasteiger partial charge in [0.1, 0.15) is 16.4 Å². The number of carbonyl (C=O) groups excluding carboxylic acids is 2. The van der Waals surface area contributed by atoms with E-state index in [4.69, 9.17) is 14.2 Å². The number of aliphatic imine (C=N–C) groups is 1. The number of hydrogen-bond donors (Lipinski definition) is 1. The van der Waals surface area contributed by atoms with Gasteiger partial charge in [0.25, 0.3) is 5.91 Å². The summed E-state index contributed by atoms with van der Waals surface area (Å²) >= 11 is 4.52. The second-order valence-electron chi connectivity index (χ2n) is 7.05. The van der Waals surface area contributed by atoms with Crippen LogP contribution in [0.2, 0.25) is 0 Å². The van der Waals surface area contributed by atoms with Gasteiger partial charge >= 0.3 is 5.97 Å². The van der Waals surface area contributed by atoms with Crippen molar-refractivity contribution in [2.45, 2.75) is 20.8 Å². The molecular formula is C25H24BrNO6S. The monoisotopic (exact) mass is 545 g/mol. The smallest absolute Gasteiger partial charge is 0.344 e. The maximum Gasteiger partial charge on any atom is 0.344 e. The molecule has 2 aromatic carbocycles. The fraction of sp³-hybridized carbons (Fsp3) is 0.240. The Kier molecular flexibility index (Phi) is 8.57. The highest BCUT2D eigenvalue weighted by Gasteiger charge is 2.34. The van der Waals surface area contributed by atoms with E-state index in [1.165, 1.54) is 7.11 Å². The molecule has 0 bridgehead atoms. The first-order valence-corrected chi connectivity index (χ1v) is 12.1. The molecule has 0 radical (unpaired) electrons. The number of amides is 1. The van der Waals surface area contributed by atoms with Gasteiger partial charge in [0.2, 0.25) is 0 Å². The second-order valence-corrected chi connectivity index (χ2v) is 8.93. The molecule has 3 rings (SSSR count). The topological polar surface area (TPSA) is 94.4 Å². The molecule has 0 unspecified atom stereocenters. The first-order chi connectivity index (χ1) is 16.3. The second kappa shape index (κ2) is 11.4. The molecule has 2 aromatic rings. The zero-order chi connectivity index (χ0) is 24.8. The predicted octanol–water partition coefficient (Wildman–Crippen LogP) is 5.87. The first-order valence-electron chi connectivity index (χ1n) is 10.5. The van der Waals surface area contributed by atoms with Gasteiger partial charge in [-0.1, -0.05) is 45.9 Å². The molecule has 1 amide bonds. The minimum atomic E-state index is -0.754. The quantitative estimate of drug-likeness (QED) is 0.435. The number of ether oxygens (including phenoxy) is 3. The van der Waals surface area contributed by atoms with Gasteiger partial charge in [0, 0.05) is 10.0 Å². The van der Waals surface area contributed by atoms with Gasteiger partial charge in [0.05, 0.1) is 25.2 Å². The summed E-state index contributed by atoms with van der Waals surface area (Å²) in [5, 5.41) is 11.0. The SMILES string of the molecule is CCOC(=O)C1=C(O)/C(=C/c2cc(OC)c(OCC)cc2Br)SC1=NC(=O)c1ccccc1C. The van der Waals surface area contributed by atoms with E-state index < -0.39 is 11.9 Å². The third-order valence-electron chi connectivity index (χ3n) is 4.82. The summed E-state index contributed by atoms with van der Waals surface area (Å²) < 4.78 is 16.8. The molecule has 178 valence electrons. The lowest BCUT2D eigenvalue weighted by atomic mass is 10.1. The average Bonchev–Trinajstić information content (AvgIpc) is 3.10. The Hall–Kier alpha value is -3.04. The van der Waals surface area contributed by atoms with Crippen LogP contribution in [0, 0.1) is 6.92 Å². The molecule has 0 aromatic heterocycles. The lowest BCUT2D eigenvalue weighted by Crippen LogP contribution is -2.14. The molecule has 0 fully saturated rings. The highest BCUT2D eigenvalue weighted by atomic mass is 79.9. The number of aliphatic hydroxyl groups excluding tert-OH is 1. The van der Waals surface area contributed by atoms with E-state index in [1.54, 1.807) is 50.3 Å². The van der Waals surface area contributed by atoms with Crippen LogP contribution in [0.15, 0.2) is 62.1 Å². The average molecular weight is 546 g/mol. The fourth-order valence-electron chi connectivity index (χ4n) is 3.19. The van der Waals surface area contributed by atoms with Gasteiger partial charge in [-0.05, 0) is 56.2 Å². The molecule has 34 heavy (non-hydrogen) atoms. The molecule has 1 N–H and O–H groups in total. The van der Waals surface area contributed by atoms with Crippen LogP contribution in [0.4, 0.5) is 0 Å². The Balaban J connectivity index is 2.07. The Bertz CT molecular complexity index is 1220. The van der Waals surface area contributed by atoms with E-state index in [2.05, 4.69) is 20.9 Å². The minimum Gasteiger partial charge on any atom is -0.506 e. The number of aliphatic hydroxyl groups is 1. The first kappa shape index (κ1) is 25.6. The van der Waals surface area contributed by atoms with Gasteiger partial charge in [0.15, 0.2) is 11.5 Å². The number of esters is 1. The third-order valence-corrected chi connectivity index (χ3v) is 6.52. The minimum absolute atomic E-state index is 0.0736. The van der Waals surface area contributed by atoms with E-state index in [0.29, 0.717) is 38.6 Å². The highest BCUT2D eigenvalue weighted by molar-refractivity contribution is 9.10. The number of nitrogens with zero attached hydrogens (tertiary/aromatic N) is 1. The zero-order valence-corrected chi connectivity index (χ0v) is 21.6. The largest absolute Gasteiger partial charge is 0.506 e. The fourth-order valence-corrected chi connectivity index (χ4v) is 4.63. The van der Waals surface area contributed by atoms with Crippen molar-refractivity contribution >= 4 is 50.7 Å². The summed E-state index contributed by atoms with van der Waals surface area (Å²) in [6.07, 6.45) is 1.67. The van der Waals surface area contributed by atoms with Crippen molar-refractivity contribution in [2.75, 3.05) is 20.3 Å². The van der Waals surface area contributed by atoms with Crippen molar-refractivity contribution in [2.24, 2.45) is 4.99 Å². The maximum atomic E-state index is 12.8. The number of rotatable bonds is 7. The molecular weight excluding hydrogens is 522 g/mol. The molecule has 1 aliphatic heterocycles. The summed E-state index contributed by atoms with van der Waals surface area (Å²) in [5.74, 6) is -0.496. The maximum absolute atomic E-state index is 12.8. The van der Waals surface area contributed by atoms with Gasteiger partial charge in [-0.3, -0.25) is 4.79 Å². The standard InChI is InChI=1S/C25H24BrNO6S/c1-5-32-19-13-17(26)15(11-18(19)31-4)12-20-22(28)21(25(30)33-6-2)24(34-20)27-23(29)16-10-8-7-9-14(16)3/h7-13,28H,5-6H2,1-4H3/b20-12-,27-24?. The van der Waals surface area contributed by atoms with E-state index in [-0.39, 0.29) is 23.0 Å². The van der Waals surface area contributed by atoms with E-state index in [0.717, 1.165) is 17.3 Å². The van der Waals surface area contributed by atoms with Crippen molar-refractivity contribution in [3.05, 3.63) is 73.8 Å². The molecule has 0 saturated carbocycles. The van der Waals surface area contributed by atoms with Crippen LogP contribution < -0.4 is 9.47 Å². The van der Waals surface area contributed by atoms with Gasteiger partial charge in [-0.25, -0.2) is 9.79 Å². The summed E-state index contributed by atoms with van der Waals surface area (Å²) in [6, 6.07) is 10.5. The van der Waals surface area contributed by atoms with E-state index in [1.807, 2.05) is 13.0 Å².